The highest BCUT2D eigenvalue weighted by Gasteiger charge is 2.43. The standard InChI is InChI=1S/C19H18Br2FN3O/c1-9-4-5-11(22)6-12(9)18(26)15-13(20)7-14-17(16(15)21)24(3)19-23-8-10(2)25(14)19/h4-7,10,19,23H,8H2,1-3H3. The number of rotatable bonds is 2. The van der Waals surface area contributed by atoms with Crippen molar-refractivity contribution in [1.82, 2.24) is 5.32 Å². The lowest BCUT2D eigenvalue weighted by molar-refractivity contribution is 0.103. The van der Waals surface area contributed by atoms with Gasteiger partial charge in [0.2, 0.25) is 0 Å². The molecule has 2 aliphatic heterocycles. The minimum absolute atomic E-state index is 0.0736. The minimum Gasteiger partial charge on any atom is -0.339 e. The van der Waals surface area contributed by atoms with Gasteiger partial charge in [-0.2, -0.15) is 0 Å². The molecule has 4 rings (SSSR count). The second kappa shape index (κ2) is 6.32. The van der Waals surface area contributed by atoms with Crippen LogP contribution in [-0.4, -0.2) is 31.7 Å². The Hall–Kier alpha value is -1.44. The Bertz CT molecular complexity index is 933. The Labute approximate surface area is 168 Å². The highest BCUT2D eigenvalue weighted by atomic mass is 79.9. The highest BCUT2D eigenvalue weighted by molar-refractivity contribution is 9.11. The molecule has 0 radical (unpaired) electrons. The van der Waals surface area contributed by atoms with Crippen LogP contribution in [0.4, 0.5) is 15.8 Å². The average Bonchev–Trinajstić information content (AvgIpc) is 3.09. The van der Waals surface area contributed by atoms with Crippen LogP contribution in [-0.2, 0) is 0 Å². The van der Waals surface area contributed by atoms with E-state index in [0.29, 0.717) is 21.6 Å². The number of ketones is 1. The average molecular weight is 483 g/mol. The Kier molecular flexibility index (Phi) is 4.36. The van der Waals surface area contributed by atoms with Crippen molar-refractivity contribution in [2.24, 2.45) is 0 Å². The van der Waals surface area contributed by atoms with E-state index < -0.39 is 5.82 Å². The third kappa shape index (κ3) is 2.52. The minimum atomic E-state index is -0.414. The lowest BCUT2D eigenvalue weighted by Gasteiger charge is -2.25. The first-order valence-electron chi connectivity index (χ1n) is 8.38. The van der Waals surface area contributed by atoms with E-state index >= 15 is 0 Å². The van der Waals surface area contributed by atoms with Gasteiger partial charge < -0.3 is 9.80 Å². The molecule has 2 aliphatic rings. The quantitative estimate of drug-likeness (QED) is 0.642. The van der Waals surface area contributed by atoms with Crippen LogP contribution in [0.3, 0.4) is 0 Å². The first-order chi connectivity index (χ1) is 12.3. The van der Waals surface area contributed by atoms with Crippen molar-refractivity contribution in [3.8, 4) is 0 Å². The van der Waals surface area contributed by atoms with Gasteiger partial charge in [0.15, 0.2) is 12.1 Å². The molecule has 0 amide bonds. The lowest BCUT2D eigenvalue weighted by Crippen LogP contribution is -2.44. The molecule has 4 nitrogen and oxygen atoms in total. The number of fused-ring (bicyclic) bond motifs is 3. The van der Waals surface area contributed by atoms with E-state index in [4.69, 9.17) is 0 Å². The van der Waals surface area contributed by atoms with E-state index in [1.807, 2.05) is 20.0 Å². The van der Waals surface area contributed by atoms with Crippen LogP contribution in [0.5, 0.6) is 0 Å². The molecule has 2 heterocycles. The molecule has 2 unspecified atom stereocenters. The van der Waals surface area contributed by atoms with Gasteiger partial charge in [0.25, 0.3) is 0 Å². The fourth-order valence-corrected chi connectivity index (χ4v) is 5.58. The summed E-state index contributed by atoms with van der Waals surface area (Å²) >= 11 is 7.22. The summed E-state index contributed by atoms with van der Waals surface area (Å²) in [6.07, 6.45) is 0.0736. The number of nitrogens with one attached hydrogen (secondary N) is 1. The molecule has 7 heteroatoms. The first kappa shape index (κ1) is 17.9. The van der Waals surface area contributed by atoms with E-state index in [-0.39, 0.29) is 12.1 Å². The highest BCUT2D eigenvalue weighted by Crippen LogP contribution is 2.49. The maximum Gasteiger partial charge on any atom is 0.195 e. The molecule has 0 aliphatic carbocycles. The van der Waals surface area contributed by atoms with Gasteiger partial charge >= 0.3 is 0 Å². The third-order valence-corrected chi connectivity index (χ3v) is 6.57. The number of carbonyl (C=O) groups excluding carboxylic acids is 1. The van der Waals surface area contributed by atoms with E-state index in [1.165, 1.54) is 12.1 Å². The molecule has 2 atom stereocenters. The van der Waals surface area contributed by atoms with Crippen molar-refractivity contribution in [3.05, 3.63) is 55.7 Å². The van der Waals surface area contributed by atoms with Gasteiger partial charge in [-0.05, 0) is 69.5 Å². The number of carbonyl (C=O) groups is 1. The molecule has 2 aromatic carbocycles. The van der Waals surface area contributed by atoms with Crippen LogP contribution in [0, 0.1) is 12.7 Å². The third-order valence-electron chi connectivity index (χ3n) is 5.18. The van der Waals surface area contributed by atoms with Crippen LogP contribution in [0.25, 0.3) is 0 Å². The van der Waals surface area contributed by atoms with Crippen molar-refractivity contribution in [2.45, 2.75) is 26.2 Å². The molecular formula is C19H18Br2FN3O. The maximum atomic E-state index is 13.7. The Morgan fingerprint density at radius 1 is 1.31 bits per heavy atom. The van der Waals surface area contributed by atoms with Crippen molar-refractivity contribution >= 4 is 49.0 Å². The van der Waals surface area contributed by atoms with Crippen molar-refractivity contribution in [2.75, 3.05) is 23.4 Å². The van der Waals surface area contributed by atoms with E-state index in [2.05, 4.69) is 53.9 Å². The molecule has 0 aromatic heterocycles. The van der Waals surface area contributed by atoms with Crippen LogP contribution < -0.4 is 15.1 Å². The summed E-state index contributed by atoms with van der Waals surface area (Å²) in [6, 6.07) is 6.64. The largest absolute Gasteiger partial charge is 0.339 e. The van der Waals surface area contributed by atoms with Gasteiger partial charge in [0.05, 0.1) is 21.4 Å². The zero-order valence-electron chi connectivity index (χ0n) is 14.6. The maximum absolute atomic E-state index is 13.7. The van der Waals surface area contributed by atoms with Crippen molar-refractivity contribution < 1.29 is 9.18 Å². The number of hydrogen-bond acceptors (Lipinski definition) is 4. The molecule has 1 N–H and O–H groups in total. The number of anilines is 2. The number of benzene rings is 2. The smallest absolute Gasteiger partial charge is 0.195 e. The number of aryl methyl sites for hydroxylation is 1. The second-order valence-corrected chi connectivity index (χ2v) is 8.50. The van der Waals surface area contributed by atoms with Crippen molar-refractivity contribution in [1.29, 1.82) is 0 Å². The van der Waals surface area contributed by atoms with Gasteiger partial charge in [0.1, 0.15) is 5.82 Å². The summed E-state index contributed by atoms with van der Waals surface area (Å²) in [4.78, 5) is 17.6. The van der Waals surface area contributed by atoms with E-state index in [9.17, 15) is 9.18 Å². The molecule has 0 saturated carbocycles. The summed E-state index contributed by atoms with van der Waals surface area (Å²) < 4.78 is 15.1. The topological polar surface area (TPSA) is 35.6 Å². The van der Waals surface area contributed by atoms with E-state index in [0.717, 1.165) is 28.0 Å². The molecule has 136 valence electrons. The summed E-state index contributed by atoms with van der Waals surface area (Å²) in [5.74, 6) is -0.617. The van der Waals surface area contributed by atoms with Crippen LogP contribution in [0.2, 0.25) is 0 Å². The number of halogens is 3. The summed E-state index contributed by atoms with van der Waals surface area (Å²) in [6.45, 7) is 4.90. The zero-order valence-corrected chi connectivity index (χ0v) is 17.8. The van der Waals surface area contributed by atoms with Crippen LogP contribution in [0.15, 0.2) is 33.2 Å². The number of nitrogens with zero attached hydrogens (tertiary/aromatic N) is 2. The molecule has 1 fully saturated rings. The number of hydrogen-bond donors (Lipinski definition) is 1. The molecule has 26 heavy (non-hydrogen) atoms. The van der Waals surface area contributed by atoms with Crippen LogP contribution >= 0.6 is 31.9 Å². The SMILES string of the molecule is Cc1ccc(F)cc1C(=O)c1c(Br)cc2c(c1Br)N(C)C1NCC(C)N21. The molecule has 2 aromatic rings. The van der Waals surface area contributed by atoms with Gasteiger partial charge in [-0.25, -0.2) is 4.39 Å². The molecule has 0 spiro atoms. The zero-order chi connectivity index (χ0) is 18.7. The van der Waals surface area contributed by atoms with Gasteiger partial charge in [-0.15, -0.1) is 0 Å². The van der Waals surface area contributed by atoms with E-state index in [1.54, 1.807) is 6.07 Å². The van der Waals surface area contributed by atoms with Crippen LogP contribution in [0.1, 0.15) is 28.4 Å². The molecule has 0 bridgehead atoms. The predicted molar refractivity (Wildman–Crippen MR) is 109 cm³/mol. The summed E-state index contributed by atoms with van der Waals surface area (Å²) in [5.41, 5.74) is 3.67. The normalized spacial score (nSPS) is 21.2. The monoisotopic (exact) mass is 481 g/mol. The summed E-state index contributed by atoms with van der Waals surface area (Å²) in [5, 5.41) is 3.49. The van der Waals surface area contributed by atoms with Gasteiger partial charge in [0, 0.05) is 29.7 Å². The van der Waals surface area contributed by atoms with Gasteiger partial charge in [-0.3, -0.25) is 10.1 Å². The summed E-state index contributed by atoms with van der Waals surface area (Å²) in [7, 11) is 2.01. The van der Waals surface area contributed by atoms with Gasteiger partial charge in [-0.1, -0.05) is 6.07 Å². The molecular weight excluding hydrogens is 465 g/mol. The van der Waals surface area contributed by atoms with Crippen molar-refractivity contribution in [3.63, 3.8) is 0 Å². The molecule has 1 saturated heterocycles. The fourth-order valence-electron chi connectivity index (χ4n) is 3.84. The first-order valence-corrected chi connectivity index (χ1v) is 9.97. The second-order valence-electron chi connectivity index (χ2n) is 6.85. The Balaban J connectivity index is 1.88. The lowest BCUT2D eigenvalue weighted by atomic mass is 9.98. The Morgan fingerprint density at radius 2 is 2.04 bits per heavy atom. The fraction of sp³-hybridized carbons (Fsp3) is 0.316. The Morgan fingerprint density at radius 3 is 2.77 bits per heavy atom. The predicted octanol–water partition coefficient (Wildman–Crippen LogP) is 4.42.